The van der Waals surface area contributed by atoms with Crippen LogP contribution in [-0.2, 0) is 11.8 Å². The minimum Gasteiger partial charge on any atom is -0.461 e. The molecule has 0 radical (unpaired) electrons. The molecule has 4 fully saturated rings. The largest absolute Gasteiger partial charge is 0.461 e. The number of ether oxygens (including phenoxy) is 1. The van der Waals surface area contributed by atoms with Crippen LogP contribution in [-0.4, -0.2) is 88.1 Å². The number of aliphatic hydroxyl groups is 1. The fourth-order valence-corrected chi connectivity index (χ4v) is 9.01. The summed E-state index contributed by atoms with van der Waals surface area (Å²) < 4.78 is 20.6. The molecule has 5 aliphatic rings. The predicted molar refractivity (Wildman–Crippen MR) is 151 cm³/mol. The van der Waals surface area contributed by atoms with Gasteiger partial charge in [-0.2, -0.15) is 25.5 Å². The molecule has 4 saturated heterocycles. The first-order valence-corrected chi connectivity index (χ1v) is 15.3. The number of anilines is 3. The summed E-state index contributed by atoms with van der Waals surface area (Å²) in [5.74, 6) is 0.887. The first-order valence-electron chi connectivity index (χ1n) is 14.4. The summed E-state index contributed by atoms with van der Waals surface area (Å²) in [6, 6.07) is 4.61. The lowest BCUT2D eigenvalue weighted by atomic mass is 9.74. The molecule has 0 saturated carbocycles. The SMILES string of the molecule is N#CCC1(O)CCCN(c2nc(OC[C@@]34CCCN3C[C@H](F)C4)nc(N3CC4(CCc5sc(N)c(C#N)c54)C3)n2)C1. The maximum atomic E-state index is 14.4. The van der Waals surface area contributed by atoms with Crippen molar-refractivity contribution in [2.45, 2.75) is 74.1 Å². The standard InChI is InChI=1S/C28H34FN9O2S/c29-18-11-27(4-1-10-38(27)13-18)17-40-25-34-23(36-9-2-5-28(39,16-36)7-8-30)33-24(35-25)37-14-26(15-37)6-3-20-21(26)19(12-31)22(32)41-20/h18,39H,1-7,9-11,13-17,32H2/t18-,27+,28?/m1/s1. The van der Waals surface area contributed by atoms with E-state index in [0.29, 0.717) is 74.5 Å². The number of hydrogen-bond acceptors (Lipinski definition) is 12. The highest BCUT2D eigenvalue weighted by Crippen LogP contribution is 2.52. The third-order valence-electron chi connectivity index (χ3n) is 9.82. The van der Waals surface area contributed by atoms with E-state index in [-0.39, 0.29) is 29.9 Å². The first-order chi connectivity index (χ1) is 19.8. The molecule has 2 aromatic rings. The van der Waals surface area contributed by atoms with Crippen molar-refractivity contribution < 1.29 is 14.2 Å². The number of aryl methyl sites for hydroxylation is 1. The number of alkyl halides is 1. The molecule has 2 aromatic heterocycles. The van der Waals surface area contributed by atoms with Gasteiger partial charge in [-0.25, -0.2) is 4.39 Å². The van der Waals surface area contributed by atoms with Crippen LogP contribution < -0.4 is 20.3 Å². The predicted octanol–water partition coefficient (Wildman–Crippen LogP) is 2.29. The molecule has 41 heavy (non-hydrogen) atoms. The number of rotatable bonds is 6. The smallest absolute Gasteiger partial charge is 0.323 e. The van der Waals surface area contributed by atoms with E-state index in [2.05, 4.69) is 26.9 Å². The van der Waals surface area contributed by atoms with Gasteiger partial charge in [0.05, 0.1) is 35.7 Å². The quantitative estimate of drug-likeness (QED) is 0.519. The zero-order chi connectivity index (χ0) is 28.4. The van der Waals surface area contributed by atoms with Gasteiger partial charge >= 0.3 is 6.01 Å². The number of aromatic nitrogens is 3. The van der Waals surface area contributed by atoms with E-state index in [1.54, 1.807) is 0 Å². The molecular formula is C28H34FN9O2S. The zero-order valence-electron chi connectivity index (χ0n) is 23.0. The molecule has 3 N–H and O–H groups in total. The first kappa shape index (κ1) is 26.6. The summed E-state index contributed by atoms with van der Waals surface area (Å²) in [6.45, 7) is 3.83. The fourth-order valence-electron chi connectivity index (χ4n) is 7.87. The average Bonchev–Trinajstić information content (AvgIpc) is 3.64. The van der Waals surface area contributed by atoms with E-state index in [1.807, 2.05) is 4.90 Å². The monoisotopic (exact) mass is 579 g/mol. The molecule has 7 rings (SSSR count). The highest BCUT2D eigenvalue weighted by molar-refractivity contribution is 7.16. The molecule has 3 atom stereocenters. The highest BCUT2D eigenvalue weighted by atomic mass is 32.1. The van der Waals surface area contributed by atoms with Crippen molar-refractivity contribution in [2.75, 3.05) is 61.4 Å². The molecule has 11 nitrogen and oxygen atoms in total. The van der Waals surface area contributed by atoms with Crippen LogP contribution in [0, 0.1) is 22.7 Å². The number of piperidine rings is 1. The van der Waals surface area contributed by atoms with Gasteiger partial charge < -0.3 is 25.4 Å². The van der Waals surface area contributed by atoms with Crippen molar-refractivity contribution in [3.8, 4) is 18.1 Å². The molecule has 0 amide bonds. The number of nitrogens with two attached hydrogens (primary N) is 1. The van der Waals surface area contributed by atoms with E-state index < -0.39 is 11.8 Å². The number of halogens is 1. The van der Waals surface area contributed by atoms with E-state index in [9.17, 15) is 20.0 Å². The van der Waals surface area contributed by atoms with Crippen LogP contribution in [0.15, 0.2) is 0 Å². The molecule has 216 valence electrons. The van der Waals surface area contributed by atoms with Crippen LogP contribution in [0.4, 0.5) is 21.3 Å². The van der Waals surface area contributed by atoms with Gasteiger partial charge in [-0.15, -0.1) is 11.3 Å². The summed E-state index contributed by atoms with van der Waals surface area (Å²) in [7, 11) is 0. The van der Waals surface area contributed by atoms with Gasteiger partial charge in [0.1, 0.15) is 23.8 Å². The van der Waals surface area contributed by atoms with Crippen molar-refractivity contribution >= 4 is 28.2 Å². The molecule has 6 heterocycles. The lowest BCUT2D eigenvalue weighted by Crippen LogP contribution is -2.59. The molecule has 0 aromatic carbocycles. The normalized spacial score (nSPS) is 30.1. The van der Waals surface area contributed by atoms with Crippen molar-refractivity contribution in [1.29, 1.82) is 10.5 Å². The van der Waals surface area contributed by atoms with Crippen LogP contribution in [0.2, 0.25) is 0 Å². The van der Waals surface area contributed by atoms with E-state index in [0.717, 1.165) is 37.8 Å². The zero-order valence-corrected chi connectivity index (χ0v) is 23.8. The Morgan fingerprint density at radius 2 is 1.85 bits per heavy atom. The number of β-amino-alcohol motifs (C(OH)–C–C–N with tert-alkyl or cyclic N) is 1. The van der Waals surface area contributed by atoms with E-state index in [1.165, 1.54) is 16.2 Å². The van der Waals surface area contributed by atoms with Gasteiger partial charge in [0, 0.05) is 42.9 Å². The summed E-state index contributed by atoms with van der Waals surface area (Å²) in [5, 5.41) is 30.6. The van der Waals surface area contributed by atoms with Crippen molar-refractivity contribution in [2.24, 2.45) is 0 Å². The molecule has 0 bridgehead atoms. The van der Waals surface area contributed by atoms with Crippen molar-refractivity contribution in [3.63, 3.8) is 0 Å². The second-order valence-corrected chi connectivity index (χ2v) is 13.7. The van der Waals surface area contributed by atoms with Gasteiger partial charge in [0.15, 0.2) is 0 Å². The second-order valence-electron chi connectivity index (χ2n) is 12.6. The Kier molecular flexibility index (Phi) is 6.27. The Bertz CT molecular complexity index is 1450. The maximum Gasteiger partial charge on any atom is 0.323 e. The van der Waals surface area contributed by atoms with Crippen LogP contribution >= 0.6 is 11.3 Å². The van der Waals surface area contributed by atoms with Gasteiger partial charge in [-0.05, 0) is 50.6 Å². The van der Waals surface area contributed by atoms with Crippen LogP contribution in [0.3, 0.4) is 0 Å². The number of thiophene rings is 1. The topological polar surface area (TPSA) is 151 Å². The molecule has 1 aliphatic carbocycles. The molecule has 1 spiro atoms. The Balaban J connectivity index is 1.17. The minimum atomic E-state index is -1.13. The Morgan fingerprint density at radius 1 is 1.07 bits per heavy atom. The molecule has 13 heteroatoms. The lowest BCUT2D eigenvalue weighted by Gasteiger charge is -2.48. The minimum absolute atomic E-state index is 0.0372. The van der Waals surface area contributed by atoms with E-state index >= 15 is 0 Å². The Morgan fingerprint density at radius 3 is 2.63 bits per heavy atom. The number of fused-ring (bicyclic) bond motifs is 3. The van der Waals surface area contributed by atoms with Crippen LogP contribution in [0.1, 0.15) is 60.9 Å². The van der Waals surface area contributed by atoms with Crippen LogP contribution in [0.25, 0.3) is 0 Å². The fraction of sp³-hybridized carbons (Fsp3) is 0.679. The van der Waals surface area contributed by atoms with E-state index in [4.69, 9.17) is 20.4 Å². The summed E-state index contributed by atoms with van der Waals surface area (Å²) in [6.07, 6.45) is 4.65. The summed E-state index contributed by atoms with van der Waals surface area (Å²) in [5.41, 5.74) is 6.25. The third-order valence-corrected chi connectivity index (χ3v) is 10.9. The van der Waals surface area contributed by atoms with Gasteiger partial charge in [0.2, 0.25) is 11.9 Å². The Hall–Kier alpha value is -3.26. The molecule has 4 aliphatic heterocycles. The average molecular weight is 580 g/mol. The summed E-state index contributed by atoms with van der Waals surface area (Å²) in [4.78, 5) is 21.6. The van der Waals surface area contributed by atoms with Gasteiger partial charge in [-0.1, -0.05) is 0 Å². The third kappa shape index (κ3) is 4.37. The Labute approximate surface area is 242 Å². The number of nitriles is 2. The second kappa shape index (κ2) is 9.65. The van der Waals surface area contributed by atoms with Crippen LogP contribution in [0.5, 0.6) is 6.01 Å². The van der Waals surface area contributed by atoms with Crippen molar-refractivity contribution in [1.82, 2.24) is 19.9 Å². The van der Waals surface area contributed by atoms with Crippen molar-refractivity contribution in [3.05, 3.63) is 16.0 Å². The maximum absolute atomic E-state index is 14.4. The summed E-state index contributed by atoms with van der Waals surface area (Å²) >= 11 is 1.52. The highest BCUT2D eigenvalue weighted by Gasteiger charge is 2.53. The molecular weight excluding hydrogens is 545 g/mol. The molecule has 1 unspecified atom stereocenters. The number of nitrogens with zero attached hydrogens (tertiary/aromatic N) is 8. The van der Waals surface area contributed by atoms with Gasteiger partial charge in [-0.3, -0.25) is 4.90 Å². The number of hydrogen-bond donors (Lipinski definition) is 2. The lowest BCUT2D eigenvalue weighted by molar-refractivity contribution is 0.0300. The van der Waals surface area contributed by atoms with Gasteiger partial charge in [0.25, 0.3) is 0 Å². The number of nitrogen functional groups attached to an aromatic ring is 1.